The highest BCUT2D eigenvalue weighted by atomic mass is 32.2. The number of anilines is 1. The van der Waals surface area contributed by atoms with Crippen LogP contribution < -0.4 is 5.32 Å². The summed E-state index contributed by atoms with van der Waals surface area (Å²) in [7, 11) is 0. The fourth-order valence-corrected chi connectivity index (χ4v) is 2.92. The summed E-state index contributed by atoms with van der Waals surface area (Å²) < 4.78 is 0. The number of benzene rings is 1. The van der Waals surface area contributed by atoms with Crippen molar-refractivity contribution in [1.82, 2.24) is 0 Å². The van der Waals surface area contributed by atoms with Crippen LogP contribution in [0, 0.1) is 0 Å². The maximum absolute atomic E-state index is 11.8. The molecule has 0 aliphatic heterocycles. The van der Waals surface area contributed by atoms with Gasteiger partial charge in [0, 0.05) is 5.69 Å². The number of carbonyl (C=O) groups is 1. The second-order valence-corrected chi connectivity index (χ2v) is 6.44. The van der Waals surface area contributed by atoms with Crippen LogP contribution in [-0.4, -0.2) is 22.7 Å². The fourth-order valence-electron chi connectivity index (χ4n) is 2.11. The lowest BCUT2D eigenvalue weighted by Crippen LogP contribution is -2.14. The van der Waals surface area contributed by atoms with Crippen LogP contribution in [0.4, 0.5) is 5.69 Å². The van der Waals surface area contributed by atoms with Gasteiger partial charge in [-0.3, -0.25) is 10.1 Å². The third kappa shape index (κ3) is 9.07. The summed E-state index contributed by atoms with van der Waals surface area (Å²) >= 11 is 1.69. The van der Waals surface area contributed by atoms with Crippen LogP contribution in [0.1, 0.15) is 51.0 Å². The number of unbranched alkanes of at least 4 members (excludes halogenated alkanes) is 5. The third-order valence-electron chi connectivity index (χ3n) is 3.34. The van der Waals surface area contributed by atoms with Gasteiger partial charge in [0.05, 0.1) is 5.75 Å². The van der Waals surface area contributed by atoms with E-state index in [-0.39, 0.29) is 12.5 Å². The minimum Gasteiger partial charge on any atom is -0.325 e. The largest absolute Gasteiger partial charge is 0.325 e. The van der Waals surface area contributed by atoms with Gasteiger partial charge in [-0.2, -0.15) is 11.8 Å². The van der Waals surface area contributed by atoms with Gasteiger partial charge >= 0.3 is 0 Å². The summed E-state index contributed by atoms with van der Waals surface area (Å²) in [5.41, 5.74) is 1.63. The van der Waals surface area contributed by atoms with Crippen molar-refractivity contribution in [2.45, 2.75) is 52.1 Å². The van der Waals surface area contributed by atoms with Gasteiger partial charge in [-0.1, -0.05) is 51.2 Å². The van der Waals surface area contributed by atoms with Gasteiger partial charge in [-0.15, -0.1) is 0 Å². The Labute approximate surface area is 137 Å². The molecule has 1 rings (SSSR count). The molecule has 1 amide bonds. The molecule has 4 nitrogen and oxygen atoms in total. The average molecular weight is 325 g/mol. The SMILES string of the molecule is CCCCCCCCSCC(=O)Nc1ccc(COO)cc1. The summed E-state index contributed by atoms with van der Waals surface area (Å²) in [6.07, 6.45) is 7.71. The molecule has 124 valence electrons. The number of hydrogen-bond donors (Lipinski definition) is 2. The molecule has 22 heavy (non-hydrogen) atoms. The van der Waals surface area contributed by atoms with Crippen molar-refractivity contribution in [3.05, 3.63) is 29.8 Å². The van der Waals surface area contributed by atoms with E-state index in [0.29, 0.717) is 5.75 Å². The van der Waals surface area contributed by atoms with Crippen molar-refractivity contribution in [2.24, 2.45) is 0 Å². The highest BCUT2D eigenvalue weighted by Crippen LogP contribution is 2.12. The Bertz CT molecular complexity index is 409. The predicted molar refractivity (Wildman–Crippen MR) is 93.2 cm³/mol. The predicted octanol–water partition coefficient (Wildman–Crippen LogP) is 4.71. The lowest BCUT2D eigenvalue weighted by molar-refractivity contribution is -0.253. The average Bonchev–Trinajstić information content (AvgIpc) is 2.52. The number of amides is 1. The summed E-state index contributed by atoms with van der Waals surface area (Å²) in [6, 6.07) is 7.25. The molecular weight excluding hydrogens is 298 g/mol. The molecule has 0 fully saturated rings. The first-order valence-corrected chi connectivity index (χ1v) is 9.14. The Morgan fingerprint density at radius 3 is 2.50 bits per heavy atom. The summed E-state index contributed by atoms with van der Waals surface area (Å²) in [4.78, 5) is 15.9. The highest BCUT2D eigenvalue weighted by molar-refractivity contribution is 7.99. The molecule has 0 unspecified atom stereocenters. The normalized spacial score (nSPS) is 10.6. The van der Waals surface area contributed by atoms with Gasteiger partial charge in [-0.25, -0.2) is 4.89 Å². The van der Waals surface area contributed by atoms with E-state index >= 15 is 0 Å². The van der Waals surface area contributed by atoms with E-state index in [1.165, 1.54) is 38.5 Å². The number of carbonyl (C=O) groups excluding carboxylic acids is 1. The summed E-state index contributed by atoms with van der Waals surface area (Å²) in [5, 5.41) is 11.2. The van der Waals surface area contributed by atoms with Crippen LogP contribution in [0.5, 0.6) is 0 Å². The molecule has 0 aromatic heterocycles. The number of hydrogen-bond acceptors (Lipinski definition) is 4. The maximum Gasteiger partial charge on any atom is 0.234 e. The van der Waals surface area contributed by atoms with Crippen molar-refractivity contribution in [1.29, 1.82) is 0 Å². The van der Waals surface area contributed by atoms with Crippen LogP contribution in [0.2, 0.25) is 0 Å². The van der Waals surface area contributed by atoms with E-state index in [4.69, 9.17) is 5.26 Å². The van der Waals surface area contributed by atoms with E-state index in [0.717, 1.165) is 17.0 Å². The molecule has 0 spiro atoms. The molecule has 5 heteroatoms. The van der Waals surface area contributed by atoms with Gasteiger partial charge in [-0.05, 0) is 29.9 Å². The monoisotopic (exact) mass is 325 g/mol. The zero-order chi connectivity index (χ0) is 16.0. The number of rotatable bonds is 12. The Morgan fingerprint density at radius 1 is 1.14 bits per heavy atom. The van der Waals surface area contributed by atoms with Gasteiger partial charge in [0.2, 0.25) is 5.91 Å². The van der Waals surface area contributed by atoms with Crippen LogP contribution in [0.15, 0.2) is 24.3 Å². The molecule has 0 saturated heterocycles. The Balaban J connectivity index is 2.08. The topological polar surface area (TPSA) is 58.6 Å². The summed E-state index contributed by atoms with van der Waals surface area (Å²) in [5.74, 6) is 1.57. The zero-order valence-corrected chi connectivity index (χ0v) is 14.2. The molecule has 0 aliphatic rings. The van der Waals surface area contributed by atoms with Crippen LogP contribution in [0.3, 0.4) is 0 Å². The van der Waals surface area contributed by atoms with E-state index in [1.807, 2.05) is 24.3 Å². The van der Waals surface area contributed by atoms with Gasteiger partial charge < -0.3 is 5.32 Å². The van der Waals surface area contributed by atoms with Crippen molar-refractivity contribution in [2.75, 3.05) is 16.8 Å². The first-order chi connectivity index (χ1) is 10.8. The first kappa shape index (κ1) is 19.0. The standard InChI is InChI=1S/C17H27NO3S/c1-2-3-4-5-6-7-12-22-14-17(19)18-16-10-8-15(9-11-16)13-21-20/h8-11,20H,2-7,12-14H2,1H3,(H,18,19). The Hall–Kier alpha value is -1.04. The van der Waals surface area contributed by atoms with Crippen molar-refractivity contribution in [3.8, 4) is 0 Å². The van der Waals surface area contributed by atoms with Crippen LogP contribution in [-0.2, 0) is 16.3 Å². The van der Waals surface area contributed by atoms with Crippen LogP contribution >= 0.6 is 11.8 Å². The molecule has 0 heterocycles. The quantitative estimate of drug-likeness (QED) is 0.332. The van der Waals surface area contributed by atoms with Gasteiger partial charge in [0.25, 0.3) is 0 Å². The minimum absolute atomic E-state index is 0.0298. The third-order valence-corrected chi connectivity index (χ3v) is 4.39. The molecule has 1 aromatic carbocycles. The highest BCUT2D eigenvalue weighted by Gasteiger charge is 2.03. The minimum atomic E-state index is 0.0298. The second-order valence-electron chi connectivity index (χ2n) is 5.34. The lowest BCUT2D eigenvalue weighted by Gasteiger charge is -2.06. The lowest BCUT2D eigenvalue weighted by atomic mass is 10.1. The molecule has 1 aromatic rings. The molecule has 0 bridgehead atoms. The number of nitrogens with one attached hydrogen (secondary N) is 1. The van der Waals surface area contributed by atoms with Crippen LogP contribution in [0.25, 0.3) is 0 Å². The number of thioether (sulfide) groups is 1. The Morgan fingerprint density at radius 2 is 1.82 bits per heavy atom. The maximum atomic E-state index is 11.8. The van der Waals surface area contributed by atoms with E-state index < -0.39 is 0 Å². The zero-order valence-electron chi connectivity index (χ0n) is 13.3. The second kappa shape index (κ2) is 12.5. The Kier molecular flexibility index (Phi) is 10.8. The molecule has 2 N–H and O–H groups in total. The van der Waals surface area contributed by atoms with Crippen molar-refractivity contribution >= 4 is 23.4 Å². The molecule has 0 aliphatic carbocycles. The molecule has 0 atom stereocenters. The molecule has 0 radical (unpaired) electrons. The van der Waals surface area contributed by atoms with Crippen molar-refractivity contribution in [3.63, 3.8) is 0 Å². The molecular formula is C17H27NO3S. The van der Waals surface area contributed by atoms with Gasteiger partial charge in [0.15, 0.2) is 0 Å². The van der Waals surface area contributed by atoms with E-state index in [1.54, 1.807) is 11.8 Å². The fraction of sp³-hybridized carbons (Fsp3) is 0.588. The van der Waals surface area contributed by atoms with Crippen molar-refractivity contribution < 1.29 is 14.9 Å². The van der Waals surface area contributed by atoms with E-state index in [2.05, 4.69) is 17.1 Å². The summed E-state index contributed by atoms with van der Waals surface area (Å²) in [6.45, 7) is 2.38. The van der Waals surface area contributed by atoms with E-state index in [9.17, 15) is 4.79 Å². The first-order valence-electron chi connectivity index (χ1n) is 7.99. The van der Waals surface area contributed by atoms with Gasteiger partial charge in [0.1, 0.15) is 6.61 Å². The molecule has 0 saturated carbocycles. The smallest absolute Gasteiger partial charge is 0.234 e.